The molecule has 1 atom stereocenters. The van der Waals surface area contributed by atoms with Crippen molar-refractivity contribution in [3.8, 4) is 5.75 Å². The van der Waals surface area contributed by atoms with Gasteiger partial charge in [-0.15, -0.1) is 12.4 Å². The maximum absolute atomic E-state index is 13.4. The lowest BCUT2D eigenvalue weighted by atomic mass is 10.2. The minimum absolute atomic E-state index is 0. The Balaban J connectivity index is 0.00000144. The van der Waals surface area contributed by atoms with Crippen LogP contribution in [0.3, 0.4) is 0 Å². The fraction of sp³-hybridized carbons (Fsp3) is 0.400. The van der Waals surface area contributed by atoms with Crippen molar-refractivity contribution in [1.29, 1.82) is 0 Å². The summed E-state index contributed by atoms with van der Waals surface area (Å²) in [5.41, 5.74) is -0.269. The minimum Gasteiger partial charge on any atom is -0.486 e. The highest BCUT2D eigenvalue weighted by Crippen LogP contribution is 2.24. The number of hydrogen-bond acceptors (Lipinski definition) is 4. The van der Waals surface area contributed by atoms with E-state index in [1.807, 2.05) is 0 Å². The van der Waals surface area contributed by atoms with Gasteiger partial charge in [0, 0.05) is 12.6 Å². The Morgan fingerprint density at radius 1 is 1.53 bits per heavy atom. The third-order valence-electron chi connectivity index (χ3n) is 2.44. The topological polar surface area (TPSA) is 64.4 Å². The van der Waals surface area contributed by atoms with E-state index in [4.69, 9.17) is 4.74 Å². The average molecular weight is 263 g/mol. The predicted molar refractivity (Wildman–Crippen MR) is 62.2 cm³/mol. The van der Waals surface area contributed by atoms with Crippen LogP contribution in [0.15, 0.2) is 18.2 Å². The molecule has 94 valence electrons. The standard InChI is InChI=1S/C10H11FN2O3.ClH/c11-9-5-7(13(14)15)1-2-10(9)16-8-3-4-12-6-8;/h1-2,5,8,12H,3-4,6H2;1H/t8-;/m0./s1. The van der Waals surface area contributed by atoms with Gasteiger partial charge in [-0.25, -0.2) is 4.39 Å². The molecular weight excluding hydrogens is 251 g/mol. The SMILES string of the molecule is Cl.O=[N+]([O-])c1ccc(O[C@H]2CCNC2)c(F)c1. The number of ether oxygens (including phenoxy) is 1. The average Bonchev–Trinajstić information content (AvgIpc) is 2.73. The van der Waals surface area contributed by atoms with Crippen molar-refractivity contribution >= 4 is 18.1 Å². The second-order valence-corrected chi connectivity index (χ2v) is 3.60. The first-order valence-corrected chi connectivity index (χ1v) is 4.98. The summed E-state index contributed by atoms with van der Waals surface area (Å²) in [6, 6.07) is 3.41. The third kappa shape index (κ3) is 3.28. The quantitative estimate of drug-likeness (QED) is 0.667. The molecule has 0 saturated carbocycles. The van der Waals surface area contributed by atoms with E-state index in [0.29, 0.717) is 6.54 Å². The lowest BCUT2D eigenvalue weighted by Crippen LogP contribution is -2.20. The van der Waals surface area contributed by atoms with Crippen LogP contribution in [-0.4, -0.2) is 24.1 Å². The van der Waals surface area contributed by atoms with Gasteiger partial charge < -0.3 is 10.1 Å². The van der Waals surface area contributed by atoms with Crippen LogP contribution in [0.4, 0.5) is 10.1 Å². The number of rotatable bonds is 3. The van der Waals surface area contributed by atoms with Gasteiger partial charge in [0.05, 0.1) is 11.0 Å². The van der Waals surface area contributed by atoms with Gasteiger partial charge in [0.2, 0.25) is 0 Å². The first-order valence-electron chi connectivity index (χ1n) is 4.98. The van der Waals surface area contributed by atoms with Crippen molar-refractivity contribution < 1.29 is 14.1 Å². The molecule has 5 nitrogen and oxygen atoms in total. The molecule has 0 aromatic heterocycles. The van der Waals surface area contributed by atoms with Crippen molar-refractivity contribution in [3.63, 3.8) is 0 Å². The van der Waals surface area contributed by atoms with Crippen LogP contribution in [0.2, 0.25) is 0 Å². The van der Waals surface area contributed by atoms with Gasteiger partial charge in [0.1, 0.15) is 6.10 Å². The molecule has 0 unspecified atom stereocenters. The van der Waals surface area contributed by atoms with E-state index in [-0.39, 0.29) is 29.9 Å². The van der Waals surface area contributed by atoms with Gasteiger partial charge in [-0.2, -0.15) is 0 Å². The number of nitrogens with zero attached hydrogens (tertiary/aromatic N) is 1. The van der Waals surface area contributed by atoms with Crippen molar-refractivity contribution in [2.24, 2.45) is 0 Å². The molecule has 17 heavy (non-hydrogen) atoms. The zero-order valence-corrected chi connectivity index (χ0v) is 9.71. The molecule has 7 heteroatoms. The highest BCUT2D eigenvalue weighted by Gasteiger charge is 2.19. The number of nitro benzene ring substituents is 1. The second-order valence-electron chi connectivity index (χ2n) is 3.60. The molecule has 2 rings (SSSR count). The van der Waals surface area contributed by atoms with E-state index in [9.17, 15) is 14.5 Å². The summed E-state index contributed by atoms with van der Waals surface area (Å²) in [7, 11) is 0. The second kappa shape index (κ2) is 5.79. The summed E-state index contributed by atoms with van der Waals surface area (Å²) in [4.78, 5) is 9.76. The van der Waals surface area contributed by atoms with Crippen LogP contribution in [0.1, 0.15) is 6.42 Å². The summed E-state index contributed by atoms with van der Waals surface area (Å²) >= 11 is 0. The number of nitro groups is 1. The molecule has 0 bridgehead atoms. The van der Waals surface area contributed by atoms with Gasteiger partial charge in [-0.1, -0.05) is 0 Å². The molecule has 1 fully saturated rings. The number of hydrogen-bond donors (Lipinski definition) is 1. The summed E-state index contributed by atoms with van der Waals surface area (Å²) in [6.07, 6.45) is 0.757. The largest absolute Gasteiger partial charge is 0.486 e. The zero-order valence-electron chi connectivity index (χ0n) is 8.89. The summed E-state index contributed by atoms with van der Waals surface area (Å²) in [5.74, 6) is -0.625. The Kier molecular flexibility index (Phi) is 4.65. The Bertz CT molecular complexity index is 411. The van der Waals surface area contributed by atoms with E-state index < -0.39 is 10.7 Å². The zero-order chi connectivity index (χ0) is 11.5. The Hall–Kier alpha value is -1.40. The van der Waals surface area contributed by atoms with Gasteiger partial charge in [-0.05, 0) is 19.0 Å². The highest BCUT2D eigenvalue weighted by atomic mass is 35.5. The molecule has 0 amide bonds. The van der Waals surface area contributed by atoms with Crippen LogP contribution < -0.4 is 10.1 Å². The fourth-order valence-electron chi connectivity index (χ4n) is 1.61. The number of nitrogens with one attached hydrogen (secondary N) is 1. The predicted octanol–water partition coefficient (Wildman–Crippen LogP) is 1.90. The lowest BCUT2D eigenvalue weighted by molar-refractivity contribution is -0.385. The first-order chi connectivity index (χ1) is 7.66. The van der Waals surface area contributed by atoms with E-state index in [1.165, 1.54) is 12.1 Å². The normalized spacial score (nSPS) is 18.5. The molecule has 1 aliphatic rings. The monoisotopic (exact) mass is 262 g/mol. The van der Waals surface area contributed by atoms with Crippen molar-refractivity contribution in [1.82, 2.24) is 5.32 Å². The Morgan fingerprint density at radius 2 is 2.29 bits per heavy atom. The highest BCUT2D eigenvalue weighted by molar-refractivity contribution is 5.85. The van der Waals surface area contributed by atoms with Crippen LogP contribution in [-0.2, 0) is 0 Å². The Labute approximate surface area is 104 Å². The third-order valence-corrected chi connectivity index (χ3v) is 2.44. The van der Waals surface area contributed by atoms with E-state index >= 15 is 0 Å². The summed E-state index contributed by atoms with van der Waals surface area (Å²) in [5, 5.41) is 13.5. The van der Waals surface area contributed by atoms with Crippen LogP contribution in [0.5, 0.6) is 5.75 Å². The number of benzene rings is 1. The summed E-state index contributed by atoms with van der Waals surface area (Å²) < 4.78 is 18.8. The van der Waals surface area contributed by atoms with Gasteiger partial charge in [0.25, 0.3) is 5.69 Å². The van der Waals surface area contributed by atoms with Gasteiger partial charge in [-0.3, -0.25) is 10.1 Å². The van der Waals surface area contributed by atoms with Crippen LogP contribution in [0, 0.1) is 15.9 Å². The smallest absolute Gasteiger partial charge is 0.272 e. The molecule has 1 aliphatic heterocycles. The maximum Gasteiger partial charge on any atom is 0.272 e. The number of non-ortho nitro benzene ring substituents is 1. The van der Waals surface area contributed by atoms with E-state index in [2.05, 4.69) is 5.32 Å². The summed E-state index contributed by atoms with van der Waals surface area (Å²) in [6.45, 7) is 1.52. The van der Waals surface area contributed by atoms with Crippen molar-refractivity contribution in [2.45, 2.75) is 12.5 Å². The van der Waals surface area contributed by atoms with E-state index in [1.54, 1.807) is 0 Å². The van der Waals surface area contributed by atoms with Gasteiger partial charge in [0.15, 0.2) is 11.6 Å². The maximum atomic E-state index is 13.4. The minimum atomic E-state index is -0.693. The number of halogens is 2. The molecule has 0 aliphatic carbocycles. The van der Waals surface area contributed by atoms with Crippen molar-refractivity contribution in [3.05, 3.63) is 34.1 Å². The van der Waals surface area contributed by atoms with Gasteiger partial charge >= 0.3 is 0 Å². The molecule has 0 radical (unpaired) electrons. The Morgan fingerprint density at radius 3 is 2.82 bits per heavy atom. The molecule has 0 spiro atoms. The van der Waals surface area contributed by atoms with Crippen LogP contribution in [0.25, 0.3) is 0 Å². The fourth-order valence-corrected chi connectivity index (χ4v) is 1.61. The van der Waals surface area contributed by atoms with E-state index in [0.717, 1.165) is 19.0 Å². The molecule has 1 aromatic rings. The molecular formula is C10H12ClFN2O3. The van der Waals surface area contributed by atoms with Crippen LogP contribution >= 0.6 is 12.4 Å². The molecule has 1 aromatic carbocycles. The molecule has 1 heterocycles. The van der Waals surface area contributed by atoms with Crippen molar-refractivity contribution in [2.75, 3.05) is 13.1 Å². The lowest BCUT2D eigenvalue weighted by Gasteiger charge is -2.12. The molecule has 1 saturated heterocycles. The molecule has 1 N–H and O–H groups in total. The first kappa shape index (κ1) is 13.7.